The molecule has 0 spiro atoms. The summed E-state index contributed by atoms with van der Waals surface area (Å²) < 4.78 is 25.8. The lowest BCUT2D eigenvalue weighted by Crippen LogP contribution is -2.48. The number of hydrogen-bond acceptors (Lipinski definition) is 3. The molecule has 0 fully saturated rings. The third-order valence-electron chi connectivity index (χ3n) is 4.64. The van der Waals surface area contributed by atoms with Crippen LogP contribution in [0.3, 0.4) is 0 Å². The number of nitrogens with zero attached hydrogens (tertiary/aromatic N) is 1. The SMILES string of the molecule is Cc1ccc(C(C)NC(=O)C(C)N(c2ccc(Cl)c(Cl)c2)S(C)(=O)=O)cc1C. The number of carbonyl (C=O) groups excluding carboxylic acids is 1. The smallest absolute Gasteiger partial charge is 0.244 e. The molecule has 2 atom stereocenters. The Bertz CT molecular complexity index is 993. The standard InChI is InChI=1S/C20H24Cl2N2O3S/c1-12-6-7-16(10-13(12)2)14(3)23-20(25)15(4)24(28(5,26)27)17-8-9-18(21)19(22)11-17/h6-11,14-15H,1-5H3,(H,23,25). The predicted molar refractivity (Wildman–Crippen MR) is 116 cm³/mol. The van der Waals surface area contributed by atoms with Crippen LogP contribution in [0.5, 0.6) is 0 Å². The fraction of sp³-hybridized carbons (Fsp3) is 0.350. The van der Waals surface area contributed by atoms with Gasteiger partial charge in [-0.2, -0.15) is 0 Å². The topological polar surface area (TPSA) is 66.5 Å². The quantitative estimate of drug-likeness (QED) is 0.707. The molecule has 2 rings (SSSR count). The monoisotopic (exact) mass is 442 g/mol. The number of nitrogens with one attached hydrogen (secondary N) is 1. The van der Waals surface area contributed by atoms with Crippen LogP contribution in [0, 0.1) is 13.8 Å². The first-order valence-corrected chi connectivity index (χ1v) is 11.3. The van der Waals surface area contributed by atoms with Gasteiger partial charge in [-0.05, 0) is 62.6 Å². The van der Waals surface area contributed by atoms with Gasteiger partial charge in [-0.15, -0.1) is 0 Å². The Hall–Kier alpha value is -1.76. The van der Waals surface area contributed by atoms with Crippen molar-refractivity contribution in [3.8, 4) is 0 Å². The third kappa shape index (κ3) is 5.19. The highest BCUT2D eigenvalue weighted by Gasteiger charge is 2.30. The molecule has 1 amide bonds. The van der Waals surface area contributed by atoms with Gasteiger partial charge in [0.25, 0.3) is 0 Å². The molecule has 2 unspecified atom stereocenters. The average molecular weight is 443 g/mol. The van der Waals surface area contributed by atoms with Crippen LogP contribution in [0.15, 0.2) is 36.4 Å². The molecule has 0 aromatic heterocycles. The first-order valence-electron chi connectivity index (χ1n) is 8.73. The van der Waals surface area contributed by atoms with Crippen molar-refractivity contribution in [1.29, 1.82) is 0 Å². The lowest BCUT2D eigenvalue weighted by atomic mass is 10.0. The van der Waals surface area contributed by atoms with Gasteiger partial charge >= 0.3 is 0 Å². The van der Waals surface area contributed by atoms with Crippen LogP contribution >= 0.6 is 23.2 Å². The highest BCUT2D eigenvalue weighted by Crippen LogP contribution is 2.30. The average Bonchev–Trinajstić information content (AvgIpc) is 2.59. The number of sulfonamides is 1. The van der Waals surface area contributed by atoms with Gasteiger partial charge in [0.2, 0.25) is 15.9 Å². The van der Waals surface area contributed by atoms with Gasteiger partial charge in [-0.3, -0.25) is 9.10 Å². The van der Waals surface area contributed by atoms with E-state index in [2.05, 4.69) is 5.32 Å². The second-order valence-corrected chi connectivity index (χ2v) is 9.58. The minimum atomic E-state index is -3.73. The Kier molecular flexibility index (Phi) is 7.02. The molecular formula is C20H24Cl2N2O3S. The number of aryl methyl sites for hydroxylation is 2. The molecule has 0 aliphatic rings. The fourth-order valence-corrected chi connectivity index (χ4v) is 4.34. The maximum absolute atomic E-state index is 12.8. The summed E-state index contributed by atoms with van der Waals surface area (Å²) in [7, 11) is -3.73. The van der Waals surface area contributed by atoms with Crippen molar-refractivity contribution in [1.82, 2.24) is 5.32 Å². The molecule has 5 nitrogen and oxygen atoms in total. The largest absolute Gasteiger partial charge is 0.348 e. The molecule has 8 heteroatoms. The highest BCUT2D eigenvalue weighted by molar-refractivity contribution is 7.92. The van der Waals surface area contributed by atoms with Crippen LogP contribution in [0.1, 0.15) is 36.6 Å². The molecule has 0 aliphatic carbocycles. The lowest BCUT2D eigenvalue weighted by molar-refractivity contribution is -0.122. The Morgan fingerprint density at radius 1 is 1.00 bits per heavy atom. The van der Waals surface area contributed by atoms with Crippen molar-refractivity contribution in [3.63, 3.8) is 0 Å². The van der Waals surface area contributed by atoms with Crippen molar-refractivity contribution in [2.24, 2.45) is 0 Å². The molecular weight excluding hydrogens is 419 g/mol. The van der Waals surface area contributed by atoms with E-state index in [1.165, 1.54) is 30.7 Å². The zero-order valence-corrected chi connectivity index (χ0v) is 18.8. The van der Waals surface area contributed by atoms with E-state index in [0.717, 1.165) is 21.7 Å². The minimum absolute atomic E-state index is 0.212. The second-order valence-electron chi connectivity index (χ2n) is 6.91. The van der Waals surface area contributed by atoms with E-state index in [1.54, 1.807) is 0 Å². The summed E-state index contributed by atoms with van der Waals surface area (Å²) in [6, 6.07) is 9.16. The van der Waals surface area contributed by atoms with E-state index in [9.17, 15) is 13.2 Å². The number of halogens is 2. The summed E-state index contributed by atoms with van der Waals surface area (Å²) in [6.07, 6.45) is 1.05. The van der Waals surface area contributed by atoms with Gasteiger partial charge in [0.05, 0.1) is 28.0 Å². The van der Waals surface area contributed by atoms with Crippen LogP contribution < -0.4 is 9.62 Å². The summed E-state index contributed by atoms with van der Waals surface area (Å²) >= 11 is 12.0. The van der Waals surface area contributed by atoms with Gasteiger partial charge in [-0.25, -0.2) is 8.42 Å². The Morgan fingerprint density at radius 3 is 2.18 bits per heavy atom. The maximum Gasteiger partial charge on any atom is 0.244 e. The maximum atomic E-state index is 12.8. The summed E-state index contributed by atoms with van der Waals surface area (Å²) in [4.78, 5) is 12.8. The highest BCUT2D eigenvalue weighted by atomic mass is 35.5. The minimum Gasteiger partial charge on any atom is -0.348 e. The number of amides is 1. The van der Waals surface area contributed by atoms with Crippen LogP contribution in [0.2, 0.25) is 10.0 Å². The summed E-state index contributed by atoms with van der Waals surface area (Å²) in [5.74, 6) is -0.415. The predicted octanol–water partition coefficient (Wildman–Crippen LogP) is 4.64. The molecule has 0 radical (unpaired) electrons. The number of benzene rings is 2. The van der Waals surface area contributed by atoms with Gasteiger partial charge in [0, 0.05) is 0 Å². The molecule has 0 heterocycles. The molecule has 2 aromatic carbocycles. The van der Waals surface area contributed by atoms with Crippen LogP contribution in [-0.4, -0.2) is 26.6 Å². The first-order chi connectivity index (χ1) is 12.9. The molecule has 0 saturated heterocycles. The molecule has 1 N–H and O–H groups in total. The Balaban J connectivity index is 2.28. The van der Waals surface area contributed by atoms with E-state index >= 15 is 0 Å². The van der Waals surface area contributed by atoms with Crippen molar-refractivity contribution in [2.75, 3.05) is 10.6 Å². The number of anilines is 1. The van der Waals surface area contributed by atoms with Crippen LogP contribution in [-0.2, 0) is 14.8 Å². The summed E-state index contributed by atoms with van der Waals surface area (Å²) in [5, 5.41) is 3.40. The van der Waals surface area contributed by atoms with Crippen molar-refractivity contribution < 1.29 is 13.2 Å². The van der Waals surface area contributed by atoms with Gasteiger partial charge in [-0.1, -0.05) is 41.4 Å². The Labute approximate surface area is 176 Å². The zero-order valence-electron chi connectivity index (χ0n) is 16.5. The van der Waals surface area contributed by atoms with Gasteiger partial charge in [0.15, 0.2) is 0 Å². The number of rotatable bonds is 6. The number of carbonyl (C=O) groups is 1. The molecule has 0 bridgehead atoms. The van der Waals surface area contributed by atoms with Crippen molar-refractivity contribution in [3.05, 3.63) is 63.1 Å². The molecule has 0 saturated carbocycles. The van der Waals surface area contributed by atoms with Crippen molar-refractivity contribution in [2.45, 2.75) is 39.8 Å². The normalized spacial score (nSPS) is 13.7. The molecule has 28 heavy (non-hydrogen) atoms. The molecule has 0 aliphatic heterocycles. The fourth-order valence-electron chi connectivity index (χ4n) is 2.88. The van der Waals surface area contributed by atoms with E-state index in [1.807, 2.05) is 39.0 Å². The molecule has 152 valence electrons. The summed E-state index contributed by atoms with van der Waals surface area (Å²) in [6.45, 7) is 7.42. The van der Waals surface area contributed by atoms with Crippen LogP contribution in [0.25, 0.3) is 0 Å². The Morgan fingerprint density at radius 2 is 1.64 bits per heavy atom. The van der Waals surface area contributed by atoms with Crippen molar-refractivity contribution >= 4 is 44.8 Å². The van der Waals surface area contributed by atoms with E-state index < -0.39 is 22.0 Å². The van der Waals surface area contributed by atoms with Crippen LogP contribution in [0.4, 0.5) is 5.69 Å². The molecule has 2 aromatic rings. The van der Waals surface area contributed by atoms with E-state index in [4.69, 9.17) is 23.2 Å². The lowest BCUT2D eigenvalue weighted by Gasteiger charge is -2.29. The number of hydrogen-bond donors (Lipinski definition) is 1. The zero-order chi connectivity index (χ0) is 21.2. The van der Waals surface area contributed by atoms with E-state index in [0.29, 0.717) is 5.02 Å². The van der Waals surface area contributed by atoms with E-state index in [-0.39, 0.29) is 16.8 Å². The first kappa shape index (κ1) is 22.5. The second kappa shape index (κ2) is 8.72. The van der Waals surface area contributed by atoms with Gasteiger partial charge in [0.1, 0.15) is 6.04 Å². The van der Waals surface area contributed by atoms with Gasteiger partial charge < -0.3 is 5.32 Å². The third-order valence-corrected chi connectivity index (χ3v) is 6.62. The summed E-state index contributed by atoms with van der Waals surface area (Å²) in [5.41, 5.74) is 3.52.